The minimum atomic E-state index is -4.53. The molecule has 1 atom stereocenters. The molecule has 0 aliphatic rings. The van der Waals surface area contributed by atoms with E-state index in [1.54, 1.807) is 24.3 Å². The predicted octanol–water partition coefficient (Wildman–Crippen LogP) is 5.75. The van der Waals surface area contributed by atoms with Crippen LogP contribution in [0.15, 0.2) is 48.5 Å². The van der Waals surface area contributed by atoms with Gasteiger partial charge in [-0.05, 0) is 48.2 Å². The van der Waals surface area contributed by atoms with Gasteiger partial charge in [-0.3, -0.25) is 14.9 Å². The average molecular weight is 518 g/mol. The second-order valence-corrected chi connectivity index (χ2v) is 8.62. The maximum atomic E-state index is 12.8. The van der Waals surface area contributed by atoms with Crippen molar-refractivity contribution in [2.45, 2.75) is 70.1 Å². The summed E-state index contributed by atoms with van der Waals surface area (Å²) < 4.78 is 38.4. The van der Waals surface area contributed by atoms with Crippen LogP contribution in [0, 0.1) is 11.8 Å². The highest BCUT2D eigenvalue weighted by Gasteiger charge is 2.31. The lowest BCUT2D eigenvalue weighted by molar-refractivity contribution is -0.150. The maximum absolute atomic E-state index is 12.8. The van der Waals surface area contributed by atoms with E-state index in [9.17, 15) is 27.6 Å². The van der Waals surface area contributed by atoms with Gasteiger partial charge in [-0.25, -0.2) is 4.79 Å². The van der Waals surface area contributed by atoms with Crippen molar-refractivity contribution >= 4 is 17.7 Å². The van der Waals surface area contributed by atoms with Gasteiger partial charge in [0.15, 0.2) is 0 Å². The van der Waals surface area contributed by atoms with Crippen LogP contribution in [0.4, 0.5) is 13.2 Å². The largest absolute Gasteiger partial charge is 0.481 e. The number of hydrogen-bond donors (Lipinski definition) is 3. The number of hydrogen-bond acceptors (Lipinski definition) is 4. The predicted molar refractivity (Wildman–Crippen MR) is 132 cm³/mol. The van der Waals surface area contributed by atoms with Gasteiger partial charge in [-0.2, -0.15) is 13.2 Å². The van der Waals surface area contributed by atoms with Crippen molar-refractivity contribution in [1.82, 2.24) is 5.32 Å². The fourth-order valence-electron chi connectivity index (χ4n) is 3.64. The first-order valence-corrected chi connectivity index (χ1v) is 12.0. The number of halogens is 3. The van der Waals surface area contributed by atoms with Crippen LogP contribution < -0.4 is 5.32 Å². The first-order valence-electron chi connectivity index (χ1n) is 12.0. The fraction of sp³-hybridized carbons (Fsp3) is 0.393. The maximum Gasteiger partial charge on any atom is 0.416 e. The van der Waals surface area contributed by atoms with E-state index in [0.29, 0.717) is 6.42 Å². The number of unbranched alkanes of at least 4 members (excludes halogenated alkanes) is 6. The number of aliphatic carboxylic acids is 2. The Balaban J connectivity index is 1.84. The molecule has 6 nitrogen and oxygen atoms in total. The third kappa shape index (κ3) is 10.9. The van der Waals surface area contributed by atoms with Crippen LogP contribution in [-0.2, 0) is 27.1 Å². The zero-order valence-electron chi connectivity index (χ0n) is 20.3. The van der Waals surface area contributed by atoms with Crippen molar-refractivity contribution in [3.05, 3.63) is 70.8 Å². The van der Waals surface area contributed by atoms with E-state index in [2.05, 4.69) is 17.2 Å². The van der Waals surface area contributed by atoms with Crippen molar-refractivity contribution < 1.29 is 37.8 Å². The van der Waals surface area contributed by atoms with Crippen LogP contribution >= 0.6 is 0 Å². The highest BCUT2D eigenvalue weighted by molar-refractivity contribution is 6.34. The average Bonchev–Trinajstić information content (AvgIpc) is 2.85. The summed E-state index contributed by atoms with van der Waals surface area (Å²) in [5, 5.41) is 20.6. The van der Waals surface area contributed by atoms with Gasteiger partial charge >= 0.3 is 18.1 Å². The topological polar surface area (TPSA) is 104 Å². The van der Waals surface area contributed by atoms with Gasteiger partial charge in [-0.15, -0.1) is 0 Å². The summed E-state index contributed by atoms with van der Waals surface area (Å²) in [7, 11) is 0. The van der Waals surface area contributed by atoms with Crippen LogP contribution in [0.3, 0.4) is 0 Å². The number of alkyl halides is 3. The molecule has 0 bridgehead atoms. The zero-order valence-corrected chi connectivity index (χ0v) is 20.3. The van der Waals surface area contributed by atoms with Crippen LogP contribution in [0.25, 0.3) is 0 Å². The normalized spacial score (nSPS) is 11.9. The van der Waals surface area contributed by atoms with E-state index in [-0.39, 0.29) is 18.5 Å². The van der Waals surface area contributed by atoms with Crippen molar-refractivity contribution in [3.63, 3.8) is 0 Å². The van der Waals surface area contributed by atoms with Gasteiger partial charge in [0, 0.05) is 24.9 Å². The van der Waals surface area contributed by atoms with E-state index < -0.39 is 35.5 Å². The Kier molecular flexibility index (Phi) is 11.8. The number of ketones is 1. The summed E-state index contributed by atoms with van der Waals surface area (Å²) in [5.74, 6) is 2.60. The molecule has 1 unspecified atom stereocenters. The number of rotatable bonds is 14. The Hall–Kier alpha value is -3.64. The van der Waals surface area contributed by atoms with Crippen molar-refractivity contribution in [3.8, 4) is 11.8 Å². The molecular formula is C28H30F3NO5. The Labute approximate surface area is 213 Å². The molecule has 198 valence electrons. The summed E-state index contributed by atoms with van der Waals surface area (Å²) in [6, 6.07) is 9.70. The summed E-state index contributed by atoms with van der Waals surface area (Å²) in [4.78, 5) is 33.9. The molecule has 0 aliphatic heterocycles. The highest BCUT2D eigenvalue weighted by Crippen LogP contribution is 2.30. The first-order chi connectivity index (χ1) is 17.6. The number of nitrogens with one attached hydrogen (secondary N) is 1. The molecule has 0 aromatic heterocycles. The molecule has 0 spiro atoms. The third-order valence-corrected chi connectivity index (χ3v) is 5.68. The fourth-order valence-corrected chi connectivity index (χ4v) is 3.64. The van der Waals surface area contributed by atoms with Crippen LogP contribution in [-0.4, -0.2) is 27.9 Å². The molecule has 0 aliphatic carbocycles. The second kappa shape index (κ2) is 14.8. The van der Waals surface area contributed by atoms with Crippen LogP contribution in [0.1, 0.15) is 79.7 Å². The minimum Gasteiger partial charge on any atom is -0.481 e. The molecule has 2 rings (SSSR count). The number of benzene rings is 2. The molecule has 0 saturated heterocycles. The molecule has 2 aromatic rings. The number of carbonyl (C=O) groups excluding carboxylic acids is 1. The van der Waals surface area contributed by atoms with Crippen molar-refractivity contribution in [2.24, 2.45) is 0 Å². The number of carboxylic acid groups (broad SMARTS) is 2. The Morgan fingerprint density at radius 2 is 1.43 bits per heavy atom. The van der Waals surface area contributed by atoms with Crippen molar-refractivity contribution in [1.29, 1.82) is 0 Å². The molecule has 0 amide bonds. The van der Waals surface area contributed by atoms with Gasteiger partial charge in [0.2, 0.25) is 0 Å². The minimum absolute atomic E-state index is 0.128. The molecule has 0 saturated carbocycles. The molecule has 37 heavy (non-hydrogen) atoms. The standard InChI is InChI=1S/C28H30F3NO5/c29-28(30,31)23-17-15-22(16-18-23)25(26(35)27(36)37)32-19-21-13-11-20(12-14-21)9-7-5-3-1-2-4-6-8-10-24(33)34/h11-18,25,32H,1-6,8,10,19H2,(H,33,34)(H,36,37). The molecule has 2 aromatic carbocycles. The van der Waals surface area contributed by atoms with E-state index >= 15 is 0 Å². The van der Waals surface area contributed by atoms with E-state index in [0.717, 1.165) is 73.9 Å². The first kappa shape index (κ1) is 29.6. The lowest BCUT2D eigenvalue weighted by Gasteiger charge is -2.17. The quantitative estimate of drug-likeness (QED) is 0.168. The van der Waals surface area contributed by atoms with E-state index in [1.807, 2.05) is 0 Å². The molecule has 0 heterocycles. The van der Waals surface area contributed by atoms with Gasteiger partial charge in [-0.1, -0.05) is 61.8 Å². The van der Waals surface area contributed by atoms with Gasteiger partial charge in [0.05, 0.1) is 5.56 Å². The Morgan fingerprint density at radius 3 is 2.00 bits per heavy atom. The van der Waals surface area contributed by atoms with Gasteiger partial charge in [0.25, 0.3) is 5.78 Å². The lowest BCUT2D eigenvalue weighted by atomic mass is 10.0. The molecule has 0 radical (unpaired) electrons. The monoisotopic (exact) mass is 517 g/mol. The van der Waals surface area contributed by atoms with E-state index in [4.69, 9.17) is 10.2 Å². The second-order valence-electron chi connectivity index (χ2n) is 8.62. The number of Topliss-reactive ketones (excluding diaryl/α,β-unsaturated/α-hetero) is 1. The summed E-state index contributed by atoms with van der Waals surface area (Å²) in [6.07, 6.45) is 2.17. The highest BCUT2D eigenvalue weighted by atomic mass is 19.4. The third-order valence-electron chi connectivity index (χ3n) is 5.68. The van der Waals surface area contributed by atoms with Crippen LogP contribution in [0.2, 0.25) is 0 Å². The Morgan fingerprint density at radius 1 is 0.838 bits per heavy atom. The Bertz CT molecular complexity index is 1100. The van der Waals surface area contributed by atoms with Gasteiger partial charge < -0.3 is 10.2 Å². The van der Waals surface area contributed by atoms with E-state index in [1.165, 1.54) is 0 Å². The number of carboxylic acids is 2. The summed E-state index contributed by atoms with van der Waals surface area (Å²) in [5.41, 5.74) is 0.799. The SMILES string of the molecule is O=C(O)CCCCCCCCC#Cc1ccc(CNC(C(=O)C(=O)O)c2ccc(C(F)(F)F)cc2)cc1. The number of carbonyl (C=O) groups is 3. The van der Waals surface area contributed by atoms with Crippen molar-refractivity contribution in [2.75, 3.05) is 0 Å². The molecule has 9 heteroatoms. The molecule has 0 fully saturated rings. The van der Waals surface area contributed by atoms with Gasteiger partial charge in [0.1, 0.15) is 6.04 Å². The zero-order chi connectivity index (χ0) is 27.3. The van der Waals surface area contributed by atoms with Crippen LogP contribution in [0.5, 0.6) is 0 Å². The molecule has 3 N–H and O–H groups in total. The summed E-state index contributed by atoms with van der Waals surface area (Å²) in [6.45, 7) is 0.130. The lowest BCUT2D eigenvalue weighted by Crippen LogP contribution is -2.33. The molecular weight excluding hydrogens is 487 g/mol. The smallest absolute Gasteiger partial charge is 0.416 e. The summed E-state index contributed by atoms with van der Waals surface area (Å²) >= 11 is 0.